The summed E-state index contributed by atoms with van der Waals surface area (Å²) in [5.41, 5.74) is 6.37. The summed E-state index contributed by atoms with van der Waals surface area (Å²) in [6.45, 7) is 0. The van der Waals surface area contributed by atoms with Crippen LogP contribution in [0.15, 0.2) is 12.1 Å². The van der Waals surface area contributed by atoms with Crippen LogP contribution in [0.5, 0.6) is 5.88 Å². The number of nitrogens with two attached hydrogens (primary N) is 1. The average molecular weight is 290 g/mol. The van der Waals surface area contributed by atoms with Crippen molar-refractivity contribution in [2.24, 2.45) is 0 Å². The highest BCUT2D eigenvalue weighted by Crippen LogP contribution is 2.22. The van der Waals surface area contributed by atoms with E-state index in [2.05, 4.69) is 10.1 Å². The van der Waals surface area contributed by atoms with Gasteiger partial charge >= 0.3 is 0 Å². The molecule has 0 saturated carbocycles. The number of hydrogen-bond acceptors (Lipinski definition) is 4. The SMILES string of the molecule is COc1ccc2c(N)nn(I)c2n1. The average Bonchev–Trinajstić information content (AvgIpc) is 2.42. The molecule has 0 spiro atoms. The van der Waals surface area contributed by atoms with Crippen LogP contribution in [0.25, 0.3) is 11.0 Å². The van der Waals surface area contributed by atoms with E-state index in [4.69, 9.17) is 10.5 Å². The van der Waals surface area contributed by atoms with E-state index in [9.17, 15) is 0 Å². The third-order valence-electron chi connectivity index (χ3n) is 1.70. The minimum absolute atomic E-state index is 0.486. The maximum atomic E-state index is 5.65. The molecule has 0 aliphatic carbocycles. The molecular formula is C7H7IN4O. The number of fused-ring (bicyclic) bond motifs is 1. The van der Waals surface area contributed by atoms with Crippen molar-refractivity contribution in [1.29, 1.82) is 0 Å². The maximum absolute atomic E-state index is 5.65. The van der Waals surface area contributed by atoms with E-state index in [0.29, 0.717) is 11.7 Å². The summed E-state index contributed by atoms with van der Waals surface area (Å²) in [5.74, 6) is 1.05. The molecule has 2 aromatic rings. The van der Waals surface area contributed by atoms with Crippen molar-refractivity contribution in [2.45, 2.75) is 0 Å². The number of rotatable bonds is 1. The third kappa shape index (κ3) is 1.30. The Balaban J connectivity index is 2.76. The van der Waals surface area contributed by atoms with E-state index in [0.717, 1.165) is 11.0 Å². The highest BCUT2D eigenvalue weighted by atomic mass is 127. The van der Waals surface area contributed by atoms with Crippen LogP contribution < -0.4 is 10.5 Å². The summed E-state index contributed by atoms with van der Waals surface area (Å²) in [6.07, 6.45) is 0. The molecule has 2 N–H and O–H groups in total. The fourth-order valence-electron chi connectivity index (χ4n) is 1.08. The van der Waals surface area contributed by atoms with Gasteiger partial charge in [-0.25, -0.2) is 0 Å². The number of halogens is 1. The molecule has 6 heteroatoms. The maximum Gasteiger partial charge on any atom is 0.215 e. The van der Waals surface area contributed by atoms with Gasteiger partial charge in [-0.15, -0.1) is 5.10 Å². The Bertz CT molecular complexity index is 453. The largest absolute Gasteiger partial charge is 0.481 e. The Morgan fingerprint density at radius 1 is 1.54 bits per heavy atom. The van der Waals surface area contributed by atoms with Crippen LogP contribution in [-0.2, 0) is 0 Å². The summed E-state index contributed by atoms with van der Waals surface area (Å²) >= 11 is 2.02. The van der Waals surface area contributed by atoms with Gasteiger partial charge in [0.2, 0.25) is 5.88 Å². The van der Waals surface area contributed by atoms with Crippen LogP contribution in [0.3, 0.4) is 0 Å². The Kier molecular flexibility index (Phi) is 1.98. The van der Waals surface area contributed by atoms with Gasteiger partial charge in [0.1, 0.15) is 0 Å². The number of nitrogens with zero attached hydrogens (tertiary/aromatic N) is 3. The molecule has 0 atom stereocenters. The summed E-state index contributed by atoms with van der Waals surface area (Å²) in [5, 5.41) is 4.87. The second-order valence-corrected chi connectivity index (χ2v) is 3.38. The van der Waals surface area contributed by atoms with Gasteiger partial charge in [-0.05, 0) is 6.07 Å². The number of methoxy groups -OCH3 is 1. The van der Waals surface area contributed by atoms with Crippen molar-refractivity contribution in [1.82, 2.24) is 13.0 Å². The van der Waals surface area contributed by atoms with E-state index in [1.54, 1.807) is 16.1 Å². The molecule has 13 heavy (non-hydrogen) atoms. The minimum Gasteiger partial charge on any atom is -0.481 e. The lowest BCUT2D eigenvalue weighted by molar-refractivity contribution is 0.399. The van der Waals surface area contributed by atoms with Crippen molar-refractivity contribution in [3.63, 3.8) is 0 Å². The van der Waals surface area contributed by atoms with Gasteiger partial charge in [0, 0.05) is 6.07 Å². The molecule has 0 bridgehead atoms. The number of pyridine rings is 1. The number of aromatic nitrogens is 3. The van der Waals surface area contributed by atoms with E-state index >= 15 is 0 Å². The molecule has 0 fully saturated rings. The zero-order valence-corrected chi connectivity index (χ0v) is 9.02. The molecule has 0 saturated heterocycles. The zero-order valence-electron chi connectivity index (χ0n) is 6.86. The van der Waals surface area contributed by atoms with E-state index in [1.165, 1.54) is 0 Å². The Labute approximate surface area is 88.4 Å². The van der Waals surface area contributed by atoms with Gasteiger partial charge in [0.15, 0.2) is 11.5 Å². The lowest BCUT2D eigenvalue weighted by atomic mass is 10.3. The quantitative estimate of drug-likeness (QED) is 0.802. The molecule has 0 aliphatic rings. The minimum atomic E-state index is 0.486. The summed E-state index contributed by atoms with van der Waals surface area (Å²) in [7, 11) is 1.57. The first kappa shape index (κ1) is 8.54. The van der Waals surface area contributed by atoms with E-state index < -0.39 is 0 Å². The van der Waals surface area contributed by atoms with Gasteiger partial charge in [-0.2, -0.15) is 7.88 Å². The molecule has 0 radical (unpaired) electrons. The van der Waals surface area contributed by atoms with Crippen LogP contribution in [0, 0.1) is 0 Å². The van der Waals surface area contributed by atoms with Crippen LogP contribution in [0.4, 0.5) is 5.82 Å². The lowest BCUT2D eigenvalue weighted by Crippen LogP contribution is -1.89. The predicted molar refractivity (Wildman–Crippen MR) is 57.9 cm³/mol. The topological polar surface area (TPSA) is 66.0 Å². The van der Waals surface area contributed by atoms with Crippen molar-refractivity contribution in [3.8, 4) is 5.88 Å². The van der Waals surface area contributed by atoms with Crippen molar-refractivity contribution < 1.29 is 4.74 Å². The van der Waals surface area contributed by atoms with Gasteiger partial charge in [-0.3, -0.25) is 0 Å². The Morgan fingerprint density at radius 2 is 2.31 bits per heavy atom. The number of nitrogen functional groups attached to an aromatic ring is 1. The molecule has 2 aromatic heterocycles. The predicted octanol–water partition coefficient (Wildman–Crippen LogP) is 1.22. The first-order chi connectivity index (χ1) is 6.22. The number of anilines is 1. The molecule has 5 nitrogen and oxygen atoms in total. The number of ether oxygens (including phenoxy) is 1. The molecule has 2 heterocycles. The third-order valence-corrected chi connectivity index (χ3v) is 2.38. The summed E-state index contributed by atoms with van der Waals surface area (Å²) in [6, 6.07) is 3.61. The Hall–Kier alpha value is -1.05. The van der Waals surface area contributed by atoms with Gasteiger partial charge in [-0.1, -0.05) is 0 Å². The second-order valence-electron chi connectivity index (χ2n) is 2.47. The van der Waals surface area contributed by atoms with Gasteiger partial charge in [0.05, 0.1) is 35.4 Å². The standard InChI is InChI=1S/C7H7IN4O/c1-13-5-3-2-4-6(9)11-12(8)7(4)10-5/h2-3H,1H3,(H2,9,11). The zero-order chi connectivity index (χ0) is 9.42. The number of hydrogen-bond donors (Lipinski definition) is 1. The van der Waals surface area contributed by atoms with Crippen molar-refractivity contribution in [3.05, 3.63) is 12.1 Å². The normalized spacial score (nSPS) is 10.6. The van der Waals surface area contributed by atoms with E-state index in [1.807, 2.05) is 28.9 Å². The van der Waals surface area contributed by atoms with Gasteiger partial charge in [0.25, 0.3) is 0 Å². The first-order valence-corrected chi connectivity index (χ1v) is 4.54. The summed E-state index contributed by atoms with van der Waals surface area (Å²) in [4.78, 5) is 4.20. The van der Waals surface area contributed by atoms with Crippen LogP contribution in [0.1, 0.15) is 0 Å². The highest BCUT2D eigenvalue weighted by molar-refractivity contribution is 14.1. The molecule has 68 valence electrons. The van der Waals surface area contributed by atoms with E-state index in [-0.39, 0.29) is 0 Å². The molecule has 2 rings (SSSR count). The Morgan fingerprint density at radius 3 is 3.00 bits per heavy atom. The molecular weight excluding hydrogens is 283 g/mol. The van der Waals surface area contributed by atoms with Crippen LogP contribution >= 0.6 is 22.9 Å². The van der Waals surface area contributed by atoms with Crippen LogP contribution in [-0.4, -0.2) is 20.1 Å². The monoisotopic (exact) mass is 290 g/mol. The first-order valence-electron chi connectivity index (χ1n) is 3.58. The smallest absolute Gasteiger partial charge is 0.215 e. The second kappa shape index (κ2) is 3.02. The molecule has 0 unspecified atom stereocenters. The van der Waals surface area contributed by atoms with Crippen molar-refractivity contribution >= 4 is 39.7 Å². The fraction of sp³-hybridized carbons (Fsp3) is 0.143. The molecule has 0 aliphatic heterocycles. The molecule has 0 aromatic carbocycles. The van der Waals surface area contributed by atoms with Crippen molar-refractivity contribution in [2.75, 3.05) is 12.8 Å². The molecule has 0 amide bonds. The lowest BCUT2D eigenvalue weighted by Gasteiger charge is -1.97. The summed E-state index contributed by atoms with van der Waals surface area (Å²) < 4.78 is 6.59. The van der Waals surface area contributed by atoms with Gasteiger partial charge < -0.3 is 10.5 Å². The highest BCUT2D eigenvalue weighted by Gasteiger charge is 2.08. The van der Waals surface area contributed by atoms with Crippen LogP contribution in [0.2, 0.25) is 0 Å². The fourth-order valence-corrected chi connectivity index (χ4v) is 1.68.